The van der Waals surface area contributed by atoms with Crippen LogP contribution in [0.1, 0.15) is 0 Å². The van der Waals surface area contributed by atoms with Crippen LogP contribution < -0.4 is 0 Å². The van der Waals surface area contributed by atoms with Crippen LogP contribution in [-0.4, -0.2) is 0 Å². The van der Waals surface area contributed by atoms with Crippen molar-refractivity contribution >= 4 is 76.6 Å². The molecule has 0 N–H and O–H groups in total. The summed E-state index contributed by atoms with van der Waals surface area (Å²) >= 11 is 0. The maximum Gasteiger partial charge on any atom is 0.202 e. The van der Waals surface area contributed by atoms with Crippen LogP contribution >= 0.6 is 0 Å². The van der Waals surface area contributed by atoms with Crippen molar-refractivity contribution in [1.82, 2.24) is 0 Å². The molecule has 0 saturated heterocycles. The fraction of sp³-hybridized carbons (Fsp3) is 0. The number of nitrogens with zero attached hydrogens (tertiary/aromatic N) is 4. The van der Waals surface area contributed by atoms with Gasteiger partial charge in [-0.3, -0.25) is 9.69 Å². The quantitative estimate of drug-likeness (QED) is 0.0969. The molecule has 0 heterocycles. The van der Waals surface area contributed by atoms with Gasteiger partial charge in [0.2, 0.25) is 11.4 Å². The molecule has 0 unspecified atom stereocenters. The van der Waals surface area contributed by atoms with E-state index in [4.69, 9.17) is 26.3 Å². The van der Waals surface area contributed by atoms with Crippen molar-refractivity contribution in [2.24, 2.45) is 0 Å². The molecule has 10 aromatic rings. The van der Waals surface area contributed by atoms with Gasteiger partial charge >= 0.3 is 0 Å². The number of rotatable bonds is 2. The molecule has 2 aliphatic carbocycles. The lowest BCUT2D eigenvalue weighted by Crippen LogP contribution is -1.94. The second kappa shape index (κ2) is 10.7. The Bertz CT molecular complexity index is 3460. The van der Waals surface area contributed by atoms with Crippen LogP contribution in [0.2, 0.25) is 0 Å². The van der Waals surface area contributed by atoms with Gasteiger partial charge in [-0.15, -0.1) is 0 Å². The van der Waals surface area contributed by atoms with Crippen LogP contribution in [0, 0.1) is 26.3 Å². The minimum Gasteiger partial charge on any atom is -0.250 e. The summed E-state index contributed by atoms with van der Waals surface area (Å²) in [6.45, 7) is 32.6. The van der Waals surface area contributed by atoms with Crippen LogP contribution in [0.3, 0.4) is 0 Å². The smallest absolute Gasteiger partial charge is 0.202 e. The molecule has 0 radical (unpaired) electrons. The number of hydrogen-bond donors (Lipinski definition) is 0. The van der Waals surface area contributed by atoms with E-state index in [1.807, 2.05) is 36.4 Å². The van der Waals surface area contributed by atoms with Crippen molar-refractivity contribution in [3.8, 4) is 66.8 Å². The largest absolute Gasteiger partial charge is 0.250 e. The van der Waals surface area contributed by atoms with E-state index in [0.29, 0.717) is 33.9 Å². The van der Waals surface area contributed by atoms with Gasteiger partial charge in [0, 0.05) is 0 Å². The zero-order valence-corrected chi connectivity index (χ0v) is 29.5. The minimum atomic E-state index is 0.315. The Kier molecular flexibility index (Phi) is 5.75. The molecule has 12 rings (SSSR count). The number of benzene rings is 10. The van der Waals surface area contributed by atoms with E-state index in [1.54, 1.807) is 12.1 Å². The average Bonchev–Trinajstić information content (AvgIpc) is 3.77. The van der Waals surface area contributed by atoms with Crippen molar-refractivity contribution in [3.05, 3.63) is 179 Å². The molecule has 0 fully saturated rings. The van der Waals surface area contributed by atoms with Crippen LogP contribution in [0.15, 0.2) is 133 Å². The van der Waals surface area contributed by atoms with Crippen molar-refractivity contribution in [1.29, 1.82) is 0 Å². The molecule has 56 heavy (non-hydrogen) atoms. The molecule has 0 saturated carbocycles. The Morgan fingerprint density at radius 3 is 1.04 bits per heavy atom. The van der Waals surface area contributed by atoms with E-state index in [0.717, 1.165) is 49.5 Å². The fourth-order valence-corrected chi connectivity index (χ4v) is 10.1. The summed E-state index contributed by atoms with van der Waals surface area (Å²) in [4.78, 5) is 15.5. The number of para-hydroxylation sites is 2. The molecular formula is C52H22N4. The first-order valence-electron chi connectivity index (χ1n) is 18.3. The SMILES string of the molecule is [C-]#[N+]c1cccc(-c2c3c(c(-c4cccc([N+]#[C-])c4[N+]#[C-])c4ccccc24)-c2ccc4c5ccc6c7c(ccc(c8ccc-3c2c84)c75)-c2ccccc2-6)c1[N+]#[C-]. The monoisotopic (exact) mass is 702 g/mol. The minimum absolute atomic E-state index is 0.315. The van der Waals surface area contributed by atoms with Gasteiger partial charge in [0.25, 0.3) is 0 Å². The predicted molar refractivity (Wildman–Crippen MR) is 230 cm³/mol. The topological polar surface area (TPSA) is 17.4 Å². The molecule has 0 atom stereocenters. The summed E-state index contributed by atoms with van der Waals surface area (Å²) in [6, 6.07) is 46.1. The van der Waals surface area contributed by atoms with Crippen LogP contribution in [0.4, 0.5) is 22.7 Å². The molecule has 0 spiro atoms. The Labute approximate surface area is 321 Å². The summed E-state index contributed by atoms with van der Waals surface area (Å²) in [6.07, 6.45) is 0. The van der Waals surface area contributed by atoms with Gasteiger partial charge in [0.1, 0.15) is 0 Å². The molecule has 0 aromatic heterocycles. The molecule has 0 amide bonds. The Hall–Kier alpha value is -8.28. The van der Waals surface area contributed by atoms with Crippen molar-refractivity contribution < 1.29 is 0 Å². The van der Waals surface area contributed by atoms with Gasteiger partial charge in [0.05, 0.1) is 26.3 Å². The van der Waals surface area contributed by atoms with Gasteiger partial charge in [-0.05, 0) is 121 Å². The normalized spacial score (nSPS) is 11.9. The highest BCUT2D eigenvalue weighted by Crippen LogP contribution is 2.62. The van der Waals surface area contributed by atoms with Gasteiger partial charge in [-0.2, -0.15) is 0 Å². The fourth-order valence-electron chi connectivity index (χ4n) is 10.1. The standard InChI is InChI=1S/C52H22N4/c1-53-41-17-9-15-39(51(41)55-3)46-29-13-7-8-14-30(29)47(40-16-10-18-42(54-2)52(40)56-4)50-38-26-24-36-34-22-20-32-28-12-6-5-11-27(28)31-19-21-33(44(34)43(31)32)35-23-25-37(49(46)50)48(38)45(35)36/h5-26H. The van der Waals surface area contributed by atoms with Crippen LogP contribution in [0.5, 0.6) is 0 Å². The van der Waals surface area contributed by atoms with Crippen molar-refractivity contribution in [2.45, 2.75) is 0 Å². The average molecular weight is 703 g/mol. The Morgan fingerprint density at radius 2 is 0.625 bits per heavy atom. The predicted octanol–water partition coefficient (Wildman–Crippen LogP) is 15.7. The zero-order chi connectivity index (χ0) is 37.4. The molecule has 10 aromatic carbocycles. The summed E-state index contributed by atoms with van der Waals surface area (Å²) in [5.41, 5.74) is 13.6. The second-order valence-electron chi connectivity index (χ2n) is 14.5. The van der Waals surface area contributed by atoms with Crippen molar-refractivity contribution in [3.63, 3.8) is 0 Å². The van der Waals surface area contributed by atoms with Gasteiger partial charge < -0.3 is 0 Å². The molecular weight excluding hydrogens is 681 g/mol. The molecule has 0 aliphatic heterocycles. The first-order chi connectivity index (χ1) is 27.7. The Balaban J connectivity index is 1.30. The van der Waals surface area contributed by atoms with E-state index in [1.165, 1.54) is 60.0 Å². The summed E-state index contributed by atoms with van der Waals surface area (Å²) in [7, 11) is 0. The summed E-state index contributed by atoms with van der Waals surface area (Å²) in [5, 5.41) is 11.5. The molecule has 2 aliphatic rings. The van der Waals surface area contributed by atoms with E-state index in [9.17, 15) is 0 Å². The molecule has 4 heteroatoms. The summed E-state index contributed by atoms with van der Waals surface area (Å²) < 4.78 is 0. The molecule has 250 valence electrons. The van der Waals surface area contributed by atoms with Gasteiger partial charge in [-0.25, -0.2) is 9.69 Å². The highest BCUT2D eigenvalue weighted by atomic mass is 14.8. The first-order valence-corrected chi connectivity index (χ1v) is 18.3. The third kappa shape index (κ3) is 3.50. The third-order valence-electron chi connectivity index (χ3n) is 12.2. The number of fused-ring (bicyclic) bond motifs is 9. The lowest BCUT2D eigenvalue weighted by molar-refractivity contribution is 1.63. The van der Waals surface area contributed by atoms with Gasteiger partial charge in [0.15, 0.2) is 11.4 Å². The maximum atomic E-state index is 8.31. The van der Waals surface area contributed by atoms with E-state index < -0.39 is 0 Å². The maximum absolute atomic E-state index is 8.31. The zero-order valence-electron chi connectivity index (χ0n) is 29.5. The lowest BCUT2D eigenvalue weighted by atomic mass is 9.81. The van der Waals surface area contributed by atoms with E-state index in [-0.39, 0.29) is 0 Å². The van der Waals surface area contributed by atoms with Crippen molar-refractivity contribution in [2.75, 3.05) is 0 Å². The van der Waals surface area contributed by atoms with E-state index in [2.05, 4.69) is 104 Å². The third-order valence-corrected chi connectivity index (χ3v) is 12.2. The lowest BCUT2D eigenvalue weighted by Gasteiger charge is -2.22. The second-order valence-corrected chi connectivity index (χ2v) is 14.5. The van der Waals surface area contributed by atoms with Gasteiger partial charge in [-0.1, -0.05) is 133 Å². The molecule has 0 bridgehead atoms. The van der Waals surface area contributed by atoms with Crippen LogP contribution in [0.25, 0.3) is 140 Å². The van der Waals surface area contributed by atoms with E-state index >= 15 is 0 Å². The molecule has 4 nitrogen and oxygen atoms in total. The summed E-state index contributed by atoms with van der Waals surface area (Å²) in [5.74, 6) is 0. The highest BCUT2D eigenvalue weighted by molar-refractivity contribution is 6.41. The van der Waals surface area contributed by atoms with Crippen LogP contribution in [-0.2, 0) is 0 Å². The number of hydrogen-bond acceptors (Lipinski definition) is 0. The highest BCUT2D eigenvalue weighted by Gasteiger charge is 2.34. The Morgan fingerprint density at radius 1 is 0.250 bits per heavy atom. The first kappa shape index (κ1) is 30.2.